The molecule has 2 saturated carbocycles. The van der Waals surface area contributed by atoms with Crippen LogP contribution in [-0.4, -0.2) is 0 Å². The minimum Gasteiger partial charge on any atom is -0.0808 e. The lowest BCUT2D eigenvalue weighted by Crippen LogP contribution is -2.49. The second-order valence-corrected chi connectivity index (χ2v) is 12.1. The van der Waals surface area contributed by atoms with Gasteiger partial charge in [0.2, 0.25) is 0 Å². The molecular weight excluding hydrogens is 384 g/mol. The zero-order valence-electron chi connectivity index (χ0n) is 20.3. The number of fused-ring (bicyclic) bond motifs is 4. The Morgan fingerprint density at radius 3 is 1.88 bits per heavy atom. The molecule has 0 heterocycles. The van der Waals surface area contributed by atoms with E-state index in [-0.39, 0.29) is 0 Å². The minimum atomic E-state index is 0.342. The number of rotatable bonds is 0. The zero-order chi connectivity index (χ0) is 22.4. The molecule has 6 aliphatic carbocycles. The van der Waals surface area contributed by atoms with Gasteiger partial charge in [0.1, 0.15) is 0 Å². The van der Waals surface area contributed by atoms with Gasteiger partial charge in [0.15, 0.2) is 0 Å². The summed E-state index contributed by atoms with van der Waals surface area (Å²) in [4.78, 5) is 0. The van der Waals surface area contributed by atoms with Gasteiger partial charge in [-0.15, -0.1) is 0 Å². The summed E-state index contributed by atoms with van der Waals surface area (Å²) in [5, 5.41) is 0. The first-order chi connectivity index (χ1) is 15.3. The van der Waals surface area contributed by atoms with Crippen molar-refractivity contribution in [3.05, 3.63) is 97.2 Å². The molecule has 8 atom stereocenters. The average Bonchev–Trinajstić information content (AvgIpc) is 2.77. The lowest BCUT2D eigenvalue weighted by atomic mass is 9.48. The molecule has 2 fully saturated rings. The summed E-state index contributed by atoms with van der Waals surface area (Å²) < 4.78 is 0. The lowest BCUT2D eigenvalue weighted by Gasteiger charge is -2.56. The van der Waals surface area contributed by atoms with Crippen LogP contribution in [0.1, 0.15) is 47.0 Å². The van der Waals surface area contributed by atoms with E-state index in [2.05, 4.69) is 125 Å². The maximum atomic E-state index is 2.44. The molecule has 168 valence electrons. The molecule has 0 amide bonds. The third-order valence-electron chi connectivity index (χ3n) is 9.55. The van der Waals surface area contributed by atoms with Crippen molar-refractivity contribution < 1.29 is 0 Å². The fourth-order valence-corrected chi connectivity index (χ4v) is 7.79. The van der Waals surface area contributed by atoms with Crippen LogP contribution in [0.4, 0.5) is 0 Å². The van der Waals surface area contributed by atoms with Crippen molar-refractivity contribution in [2.24, 2.45) is 51.8 Å². The van der Waals surface area contributed by atoms with E-state index < -0.39 is 0 Å². The number of hydrogen-bond donors (Lipinski definition) is 0. The Bertz CT molecular complexity index is 960. The molecule has 0 heteroatoms. The molecule has 32 heavy (non-hydrogen) atoms. The first-order valence-electron chi connectivity index (χ1n) is 12.7. The summed E-state index contributed by atoms with van der Waals surface area (Å²) in [7, 11) is 0. The summed E-state index contributed by atoms with van der Waals surface area (Å²) in [5.74, 6) is 4.38. The second-order valence-electron chi connectivity index (χ2n) is 12.1. The minimum absolute atomic E-state index is 0.342. The highest BCUT2D eigenvalue weighted by Crippen LogP contribution is 2.59. The second kappa shape index (κ2) is 8.05. The van der Waals surface area contributed by atoms with Gasteiger partial charge in [-0.2, -0.15) is 0 Å². The van der Waals surface area contributed by atoms with Crippen LogP contribution in [0.2, 0.25) is 0 Å². The molecule has 0 spiro atoms. The molecule has 0 N–H and O–H groups in total. The first kappa shape index (κ1) is 21.7. The summed E-state index contributed by atoms with van der Waals surface area (Å²) in [5.41, 5.74) is 1.10. The maximum Gasteiger partial charge on any atom is -0.00694 e. The largest absolute Gasteiger partial charge is 0.0808 e. The van der Waals surface area contributed by atoms with Gasteiger partial charge < -0.3 is 0 Å². The molecule has 0 saturated heterocycles. The lowest BCUT2D eigenvalue weighted by molar-refractivity contribution is 0.00240. The van der Waals surface area contributed by atoms with E-state index in [0.29, 0.717) is 34.0 Å². The van der Waals surface area contributed by atoms with Crippen molar-refractivity contribution in [1.29, 1.82) is 0 Å². The van der Waals surface area contributed by atoms with Crippen LogP contribution in [0.25, 0.3) is 0 Å². The van der Waals surface area contributed by atoms with Crippen LogP contribution in [-0.2, 0) is 0 Å². The van der Waals surface area contributed by atoms with Gasteiger partial charge in [-0.1, -0.05) is 125 Å². The predicted octanol–water partition coefficient (Wildman–Crippen LogP) is 8.41. The Kier molecular flexibility index (Phi) is 5.47. The van der Waals surface area contributed by atoms with E-state index in [1.165, 1.54) is 19.3 Å². The SMILES string of the molecule is CC1(C)C2C=CC=CC2C[C@]2(C)C=CC=CC12.C[C@@]12C=CC=CC1CC1C=CC=CC1C2. The third-order valence-corrected chi connectivity index (χ3v) is 9.55. The summed E-state index contributed by atoms with van der Waals surface area (Å²) in [6, 6.07) is 0. The molecule has 0 aromatic heterocycles. The zero-order valence-corrected chi connectivity index (χ0v) is 20.3. The summed E-state index contributed by atoms with van der Waals surface area (Å²) in [6.45, 7) is 9.74. The normalized spacial score (nSPS) is 45.9. The van der Waals surface area contributed by atoms with Gasteiger partial charge in [-0.05, 0) is 71.0 Å². The Morgan fingerprint density at radius 2 is 1.09 bits per heavy atom. The molecule has 0 aliphatic heterocycles. The third kappa shape index (κ3) is 3.70. The van der Waals surface area contributed by atoms with Crippen molar-refractivity contribution in [2.45, 2.75) is 47.0 Å². The van der Waals surface area contributed by atoms with Crippen molar-refractivity contribution in [3.8, 4) is 0 Å². The number of hydrogen-bond acceptors (Lipinski definition) is 0. The van der Waals surface area contributed by atoms with E-state index in [1.807, 2.05) is 0 Å². The number of allylic oxidation sites excluding steroid dienone is 16. The molecule has 0 nitrogen and oxygen atoms in total. The van der Waals surface area contributed by atoms with Crippen LogP contribution >= 0.6 is 0 Å². The topological polar surface area (TPSA) is 0 Å². The van der Waals surface area contributed by atoms with Gasteiger partial charge in [0, 0.05) is 0 Å². The fourth-order valence-electron chi connectivity index (χ4n) is 7.79. The monoisotopic (exact) mass is 424 g/mol. The van der Waals surface area contributed by atoms with Crippen molar-refractivity contribution in [3.63, 3.8) is 0 Å². The fraction of sp³-hybridized carbons (Fsp3) is 0.500. The molecule has 6 rings (SSSR count). The smallest absolute Gasteiger partial charge is 0.00694 e. The highest BCUT2D eigenvalue weighted by atomic mass is 14.6. The Hall–Kier alpha value is -2.08. The Labute approximate surface area is 196 Å². The Balaban J connectivity index is 0.000000136. The summed E-state index contributed by atoms with van der Waals surface area (Å²) >= 11 is 0. The van der Waals surface area contributed by atoms with Crippen molar-refractivity contribution >= 4 is 0 Å². The standard InChI is InChI=1S/C17H22.C15H18/c1-16(2)14-9-5-4-8-13(14)12-17(3)11-7-6-10-15(16)17;1-15-9-5-4-8-14(15)10-12-6-2-3-7-13(12)11-15/h4-11,13-15H,12H2,1-3H3;2-9,12-14H,10-11H2,1H3/t13?,14?,15?,17-;12?,13?,14?,15-/m00/s1. The van der Waals surface area contributed by atoms with Crippen molar-refractivity contribution in [1.82, 2.24) is 0 Å². The van der Waals surface area contributed by atoms with E-state index in [1.54, 1.807) is 0 Å². The van der Waals surface area contributed by atoms with Crippen molar-refractivity contribution in [2.75, 3.05) is 0 Å². The van der Waals surface area contributed by atoms with Crippen LogP contribution < -0.4 is 0 Å². The molecule has 6 unspecified atom stereocenters. The summed E-state index contributed by atoms with van der Waals surface area (Å²) in [6.07, 6.45) is 41.0. The average molecular weight is 425 g/mol. The van der Waals surface area contributed by atoms with E-state index in [4.69, 9.17) is 0 Å². The molecular formula is C32H40. The first-order valence-corrected chi connectivity index (χ1v) is 12.7. The van der Waals surface area contributed by atoms with Crippen LogP contribution in [0, 0.1) is 51.8 Å². The molecule has 0 aromatic rings. The van der Waals surface area contributed by atoms with Crippen LogP contribution in [0.15, 0.2) is 97.2 Å². The van der Waals surface area contributed by atoms with Gasteiger partial charge in [-0.3, -0.25) is 0 Å². The van der Waals surface area contributed by atoms with E-state index in [0.717, 1.165) is 17.8 Å². The van der Waals surface area contributed by atoms with E-state index in [9.17, 15) is 0 Å². The van der Waals surface area contributed by atoms with Gasteiger partial charge in [-0.25, -0.2) is 0 Å². The molecule has 0 aromatic carbocycles. The predicted molar refractivity (Wildman–Crippen MR) is 138 cm³/mol. The van der Waals surface area contributed by atoms with Crippen LogP contribution in [0.3, 0.4) is 0 Å². The van der Waals surface area contributed by atoms with Gasteiger partial charge in [0.05, 0.1) is 0 Å². The highest BCUT2D eigenvalue weighted by Gasteiger charge is 2.52. The van der Waals surface area contributed by atoms with Crippen LogP contribution in [0.5, 0.6) is 0 Å². The molecule has 6 aliphatic rings. The quantitative estimate of drug-likeness (QED) is 0.366. The van der Waals surface area contributed by atoms with Gasteiger partial charge >= 0.3 is 0 Å². The highest BCUT2D eigenvalue weighted by molar-refractivity contribution is 5.29. The maximum absolute atomic E-state index is 2.44. The molecule has 0 bridgehead atoms. The van der Waals surface area contributed by atoms with E-state index >= 15 is 0 Å². The molecule has 0 radical (unpaired) electrons. The Morgan fingerprint density at radius 1 is 0.531 bits per heavy atom. The van der Waals surface area contributed by atoms with Gasteiger partial charge in [0.25, 0.3) is 0 Å².